The zero-order valence-electron chi connectivity index (χ0n) is 6.15. The maximum atomic E-state index is 5.79. The molecule has 0 nitrogen and oxygen atoms in total. The van der Waals surface area contributed by atoms with E-state index < -0.39 is 0 Å². The van der Waals surface area contributed by atoms with E-state index in [1.165, 1.54) is 6.42 Å². The van der Waals surface area contributed by atoms with Gasteiger partial charge in [-0.1, -0.05) is 12.5 Å². The van der Waals surface area contributed by atoms with E-state index in [1.807, 2.05) is 6.08 Å². The highest BCUT2D eigenvalue weighted by Gasteiger charge is 1.99. The van der Waals surface area contributed by atoms with Gasteiger partial charge in [0.2, 0.25) is 0 Å². The van der Waals surface area contributed by atoms with E-state index in [0.29, 0.717) is 5.88 Å². The normalized spacial score (nSPS) is 13.0. The van der Waals surface area contributed by atoms with Gasteiger partial charge >= 0.3 is 0 Å². The van der Waals surface area contributed by atoms with Crippen molar-refractivity contribution in [3.05, 3.63) is 12.7 Å². The van der Waals surface area contributed by atoms with Gasteiger partial charge in [-0.3, -0.25) is 0 Å². The zero-order chi connectivity index (χ0) is 7.82. The summed E-state index contributed by atoms with van der Waals surface area (Å²) in [5.41, 5.74) is 0. The maximum Gasteiger partial charge on any atom is 0.0471 e. The van der Waals surface area contributed by atoms with Crippen LogP contribution in [-0.2, 0) is 0 Å². The van der Waals surface area contributed by atoms with Crippen molar-refractivity contribution in [2.75, 3.05) is 5.88 Å². The van der Waals surface area contributed by atoms with Crippen molar-refractivity contribution in [3.63, 3.8) is 0 Å². The monoisotopic (exact) mass is 180 g/mol. The fourth-order valence-corrected chi connectivity index (χ4v) is 1.04. The average molecular weight is 181 g/mol. The van der Waals surface area contributed by atoms with Gasteiger partial charge in [0.05, 0.1) is 0 Å². The summed E-state index contributed by atoms with van der Waals surface area (Å²) in [5, 5.41) is 0.159. The average Bonchev–Trinajstić information content (AvgIpc) is 1.98. The molecule has 0 spiro atoms. The van der Waals surface area contributed by atoms with E-state index in [9.17, 15) is 0 Å². The quantitative estimate of drug-likeness (QED) is 0.333. The first-order valence-electron chi connectivity index (χ1n) is 3.62. The molecule has 0 aromatic heterocycles. The Hall–Kier alpha value is 0.320. The first-order chi connectivity index (χ1) is 4.81. The van der Waals surface area contributed by atoms with E-state index >= 15 is 0 Å². The van der Waals surface area contributed by atoms with Crippen LogP contribution < -0.4 is 0 Å². The molecule has 0 heterocycles. The van der Waals surface area contributed by atoms with Crippen LogP contribution in [0.1, 0.15) is 25.7 Å². The van der Waals surface area contributed by atoms with Crippen LogP contribution in [0.25, 0.3) is 0 Å². The topological polar surface area (TPSA) is 0 Å². The lowest BCUT2D eigenvalue weighted by molar-refractivity contribution is 0.682. The number of alkyl halides is 2. The van der Waals surface area contributed by atoms with Crippen LogP contribution in [0.5, 0.6) is 0 Å². The lowest BCUT2D eigenvalue weighted by Gasteiger charge is -2.02. The van der Waals surface area contributed by atoms with Gasteiger partial charge in [0.1, 0.15) is 0 Å². The molecule has 0 aliphatic carbocycles. The molecule has 0 radical (unpaired) electrons. The summed E-state index contributed by atoms with van der Waals surface area (Å²) < 4.78 is 0. The van der Waals surface area contributed by atoms with Crippen molar-refractivity contribution >= 4 is 23.2 Å². The summed E-state index contributed by atoms with van der Waals surface area (Å²) in [4.78, 5) is 0. The molecule has 60 valence electrons. The Labute approximate surface area is 73.2 Å². The number of unbranched alkanes of at least 4 members (excludes halogenated alkanes) is 2. The van der Waals surface area contributed by atoms with Crippen molar-refractivity contribution in [1.82, 2.24) is 0 Å². The molecule has 1 atom stereocenters. The van der Waals surface area contributed by atoms with Crippen LogP contribution in [0.2, 0.25) is 0 Å². The molecule has 0 bridgehead atoms. The van der Waals surface area contributed by atoms with E-state index in [1.54, 1.807) is 0 Å². The van der Waals surface area contributed by atoms with Gasteiger partial charge in [0.25, 0.3) is 0 Å². The highest BCUT2D eigenvalue weighted by molar-refractivity contribution is 6.28. The number of hydrogen-bond donors (Lipinski definition) is 0. The first kappa shape index (κ1) is 10.3. The maximum absolute atomic E-state index is 5.79. The molecule has 2 heteroatoms. The first-order valence-corrected chi connectivity index (χ1v) is 4.59. The second-order valence-corrected chi connectivity index (χ2v) is 3.25. The standard InChI is InChI=1S/C8H14Cl2/c1-2-3-4-5-6-8(10)7-9/h2,8H,1,3-7H2. The van der Waals surface area contributed by atoms with Gasteiger partial charge in [0, 0.05) is 11.3 Å². The summed E-state index contributed by atoms with van der Waals surface area (Å²) >= 11 is 11.3. The third-order valence-corrected chi connectivity index (χ3v) is 2.25. The molecular formula is C8H14Cl2. The molecule has 0 rings (SSSR count). The summed E-state index contributed by atoms with van der Waals surface area (Å²) in [5.74, 6) is 0.565. The van der Waals surface area contributed by atoms with Crippen molar-refractivity contribution in [1.29, 1.82) is 0 Å². The van der Waals surface area contributed by atoms with Gasteiger partial charge in [-0.2, -0.15) is 0 Å². The molecular weight excluding hydrogens is 167 g/mol. The van der Waals surface area contributed by atoms with Gasteiger partial charge in [-0.15, -0.1) is 29.8 Å². The molecule has 10 heavy (non-hydrogen) atoms. The van der Waals surface area contributed by atoms with Crippen molar-refractivity contribution < 1.29 is 0 Å². The second kappa shape index (κ2) is 7.43. The van der Waals surface area contributed by atoms with Crippen LogP contribution in [0.4, 0.5) is 0 Å². The molecule has 0 fully saturated rings. The van der Waals surface area contributed by atoms with E-state index in [2.05, 4.69) is 6.58 Å². The summed E-state index contributed by atoms with van der Waals surface area (Å²) in [7, 11) is 0. The number of allylic oxidation sites excluding steroid dienone is 1. The van der Waals surface area contributed by atoms with Crippen molar-refractivity contribution in [2.24, 2.45) is 0 Å². The van der Waals surface area contributed by atoms with Gasteiger partial charge in [-0.05, 0) is 19.3 Å². The smallest absolute Gasteiger partial charge is 0.0471 e. The molecule has 0 saturated carbocycles. The number of halogens is 2. The molecule has 0 aromatic rings. The summed E-state index contributed by atoms with van der Waals surface area (Å²) in [6.07, 6.45) is 6.39. The van der Waals surface area contributed by atoms with Gasteiger partial charge in [0.15, 0.2) is 0 Å². The predicted octanol–water partition coefficient (Wildman–Crippen LogP) is 3.58. The lowest BCUT2D eigenvalue weighted by Crippen LogP contribution is -1.98. The Morgan fingerprint density at radius 3 is 2.60 bits per heavy atom. The van der Waals surface area contributed by atoms with Crippen LogP contribution in [0.15, 0.2) is 12.7 Å². The Balaban J connectivity index is 2.95. The molecule has 0 N–H and O–H groups in total. The fourth-order valence-electron chi connectivity index (χ4n) is 0.732. The molecule has 0 aliphatic rings. The van der Waals surface area contributed by atoms with Gasteiger partial charge < -0.3 is 0 Å². The Morgan fingerprint density at radius 2 is 2.10 bits per heavy atom. The number of hydrogen-bond acceptors (Lipinski definition) is 0. The van der Waals surface area contributed by atoms with E-state index in [4.69, 9.17) is 23.2 Å². The number of rotatable bonds is 6. The molecule has 0 aromatic carbocycles. The summed E-state index contributed by atoms with van der Waals surface area (Å²) in [6.45, 7) is 3.64. The summed E-state index contributed by atoms with van der Waals surface area (Å²) in [6, 6.07) is 0. The SMILES string of the molecule is C=CCCCCC(Cl)CCl. The third-order valence-electron chi connectivity index (χ3n) is 1.34. The Morgan fingerprint density at radius 1 is 1.40 bits per heavy atom. The van der Waals surface area contributed by atoms with E-state index in [-0.39, 0.29) is 5.38 Å². The minimum Gasteiger partial charge on any atom is -0.125 e. The van der Waals surface area contributed by atoms with Crippen LogP contribution in [-0.4, -0.2) is 11.3 Å². The minimum absolute atomic E-state index is 0.159. The third kappa shape index (κ3) is 6.44. The highest BCUT2D eigenvalue weighted by Crippen LogP contribution is 2.10. The lowest BCUT2D eigenvalue weighted by atomic mass is 10.1. The molecule has 0 aliphatic heterocycles. The molecule has 0 amide bonds. The highest BCUT2D eigenvalue weighted by atomic mass is 35.5. The molecule has 1 unspecified atom stereocenters. The van der Waals surface area contributed by atoms with Crippen LogP contribution in [0, 0.1) is 0 Å². The second-order valence-electron chi connectivity index (χ2n) is 2.32. The van der Waals surface area contributed by atoms with Crippen LogP contribution >= 0.6 is 23.2 Å². The minimum atomic E-state index is 0.159. The largest absolute Gasteiger partial charge is 0.125 e. The molecule has 0 saturated heterocycles. The zero-order valence-corrected chi connectivity index (χ0v) is 7.67. The Kier molecular flexibility index (Phi) is 7.66. The van der Waals surface area contributed by atoms with Gasteiger partial charge in [-0.25, -0.2) is 0 Å². The van der Waals surface area contributed by atoms with Crippen molar-refractivity contribution in [3.8, 4) is 0 Å². The van der Waals surface area contributed by atoms with E-state index in [0.717, 1.165) is 19.3 Å². The predicted molar refractivity (Wildman–Crippen MR) is 49.0 cm³/mol. The fraction of sp³-hybridized carbons (Fsp3) is 0.750. The van der Waals surface area contributed by atoms with Crippen molar-refractivity contribution in [2.45, 2.75) is 31.1 Å². The van der Waals surface area contributed by atoms with Crippen LogP contribution in [0.3, 0.4) is 0 Å². The Bertz CT molecular complexity index is 81.3.